The lowest BCUT2D eigenvalue weighted by Crippen LogP contribution is -2.50. The van der Waals surface area contributed by atoms with Crippen molar-refractivity contribution >= 4 is 24.0 Å². The van der Waals surface area contributed by atoms with Gasteiger partial charge in [-0.15, -0.1) is 12.4 Å². The fourth-order valence-corrected chi connectivity index (χ4v) is 3.44. The molecule has 0 amide bonds. The summed E-state index contributed by atoms with van der Waals surface area (Å²) >= 11 is 5.90. The number of benzene rings is 1. The predicted octanol–water partition coefficient (Wildman–Crippen LogP) is 2.38. The van der Waals surface area contributed by atoms with Gasteiger partial charge in [-0.05, 0) is 36.7 Å². The molecule has 6 heteroatoms. The summed E-state index contributed by atoms with van der Waals surface area (Å²) in [5, 5.41) is 3.90. The molecule has 2 fully saturated rings. The maximum Gasteiger partial charge on any atom is 0.125 e. The number of halogens is 3. The van der Waals surface area contributed by atoms with Crippen molar-refractivity contribution in [1.29, 1.82) is 0 Å². The van der Waals surface area contributed by atoms with Gasteiger partial charge in [0.1, 0.15) is 5.82 Å². The van der Waals surface area contributed by atoms with Crippen LogP contribution in [0.4, 0.5) is 4.39 Å². The maximum absolute atomic E-state index is 13.3. The Labute approximate surface area is 136 Å². The molecule has 0 radical (unpaired) electrons. The van der Waals surface area contributed by atoms with E-state index in [1.807, 2.05) is 6.07 Å². The first kappa shape index (κ1) is 17.0. The van der Waals surface area contributed by atoms with Crippen LogP contribution in [0.1, 0.15) is 12.0 Å². The molecule has 2 saturated heterocycles. The summed E-state index contributed by atoms with van der Waals surface area (Å²) in [5.74, 6) is -0.247. The number of hydrogen-bond donors (Lipinski definition) is 1. The SMILES string of the molecule is Cl.Fc1cc(Cl)cc(CN2CCN(C3CCNC3)CC2)c1. The Morgan fingerprint density at radius 3 is 2.57 bits per heavy atom. The molecule has 0 spiro atoms. The molecule has 3 nitrogen and oxygen atoms in total. The van der Waals surface area contributed by atoms with Gasteiger partial charge >= 0.3 is 0 Å². The van der Waals surface area contributed by atoms with E-state index in [9.17, 15) is 4.39 Å². The van der Waals surface area contributed by atoms with Crippen LogP contribution in [0, 0.1) is 5.82 Å². The van der Waals surface area contributed by atoms with E-state index in [0.29, 0.717) is 11.1 Å². The first-order valence-corrected chi connectivity index (χ1v) is 7.70. The van der Waals surface area contributed by atoms with E-state index in [2.05, 4.69) is 15.1 Å². The van der Waals surface area contributed by atoms with Gasteiger partial charge in [0.25, 0.3) is 0 Å². The minimum atomic E-state index is -0.247. The van der Waals surface area contributed by atoms with E-state index in [-0.39, 0.29) is 18.2 Å². The fourth-order valence-electron chi connectivity index (χ4n) is 3.20. The van der Waals surface area contributed by atoms with Crippen LogP contribution < -0.4 is 5.32 Å². The Morgan fingerprint density at radius 1 is 1.19 bits per heavy atom. The highest BCUT2D eigenvalue weighted by atomic mass is 35.5. The molecule has 2 aliphatic heterocycles. The normalized spacial score (nSPS) is 24.0. The molecule has 21 heavy (non-hydrogen) atoms. The van der Waals surface area contributed by atoms with Gasteiger partial charge in [0.15, 0.2) is 0 Å². The highest BCUT2D eigenvalue weighted by Gasteiger charge is 2.25. The third kappa shape index (κ3) is 4.54. The van der Waals surface area contributed by atoms with Crippen LogP contribution in [0.5, 0.6) is 0 Å². The standard InChI is InChI=1S/C15H21ClFN3.ClH/c16-13-7-12(8-14(17)9-13)11-19-3-5-20(6-4-19)15-1-2-18-10-15;/h7-9,15,18H,1-6,10-11H2;1H. The van der Waals surface area contributed by atoms with E-state index in [1.165, 1.54) is 12.5 Å². The fraction of sp³-hybridized carbons (Fsp3) is 0.600. The number of piperazine rings is 1. The van der Waals surface area contributed by atoms with Gasteiger partial charge in [-0.25, -0.2) is 4.39 Å². The van der Waals surface area contributed by atoms with E-state index < -0.39 is 0 Å². The highest BCUT2D eigenvalue weighted by Crippen LogP contribution is 2.17. The van der Waals surface area contributed by atoms with Gasteiger partial charge in [0.2, 0.25) is 0 Å². The van der Waals surface area contributed by atoms with Crippen molar-refractivity contribution < 1.29 is 4.39 Å². The highest BCUT2D eigenvalue weighted by molar-refractivity contribution is 6.30. The van der Waals surface area contributed by atoms with Crippen LogP contribution in [-0.4, -0.2) is 55.1 Å². The molecule has 3 rings (SSSR count). The van der Waals surface area contributed by atoms with Crippen molar-refractivity contribution in [1.82, 2.24) is 15.1 Å². The second kappa shape index (κ2) is 7.75. The molecule has 2 heterocycles. The van der Waals surface area contributed by atoms with E-state index in [0.717, 1.165) is 51.4 Å². The minimum absolute atomic E-state index is 0. The summed E-state index contributed by atoms with van der Waals surface area (Å²) in [6, 6.07) is 5.51. The maximum atomic E-state index is 13.3. The topological polar surface area (TPSA) is 18.5 Å². The summed E-state index contributed by atoms with van der Waals surface area (Å²) < 4.78 is 13.3. The lowest BCUT2D eigenvalue weighted by atomic mass is 10.1. The molecular weight excluding hydrogens is 312 g/mol. The molecule has 0 aliphatic carbocycles. The molecule has 1 aromatic carbocycles. The van der Waals surface area contributed by atoms with Crippen LogP contribution in [0.2, 0.25) is 5.02 Å². The third-order valence-electron chi connectivity index (χ3n) is 4.29. The van der Waals surface area contributed by atoms with Crippen molar-refractivity contribution in [2.24, 2.45) is 0 Å². The summed E-state index contributed by atoms with van der Waals surface area (Å²) in [5.41, 5.74) is 0.964. The van der Waals surface area contributed by atoms with Gasteiger partial charge in [0, 0.05) is 50.3 Å². The second-order valence-electron chi connectivity index (χ2n) is 5.74. The third-order valence-corrected chi connectivity index (χ3v) is 4.50. The first-order chi connectivity index (χ1) is 9.70. The molecule has 0 bridgehead atoms. The summed E-state index contributed by atoms with van der Waals surface area (Å²) in [6.45, 7) is 7.36. The molecule has 118 valence electrons. The number of rotatable bonds is 3. The summed E-state index contributed by atoms with van der Waals surface area (Å²) in [6.07, 6.45) is 1.26. The van der Waals surface area contributed by atoms with Crippen molar-refractivity contribution in [2.45, 2.75) is 19.0 Å². The molecule has 1 atom stereocenters. The molecule has 1 N–H and O–H groups in total. The van der Waals surface area contributed by atoms with Gasteiger partial charge in [-0.2, -0.15) is 0 Å². The van der Waals surface area contributed by atoms with Crippen LogP contribution >= 0.6 is 24.0 Å². The summed E-state index contributed by atoms with van der Waals surface area (Å²) in [4.78, 5) is 4.96. The van der Waals surface area contributed by atoms with Crippen LogP contribution in [0.3, 0.4) is 0 Å². The van der Waals surface area contributed by atoms with Crippen molar-refractivity contribution in [2.75, 3.05) is 39.3 Å². The Hall–Kier alpha value is -0.390. The Balaban J connectivity index is 0.00000161. The number of hydrogen-bond acceptors (Lipinski definition) is 3. The molecular formula is C15H22Cl2FN3. The van der Waals surface area contributed by atoms with Crippen molar-refractivity contribution in [3.05, 3.63) is 34.6 Å². The quantitative estimate of drug-likeness (QED) is 0.916. The zero-order valence-electron chi connectivity index (χ0n) is 12.0. The molecule has 0 saturated carbocycles. The Morgan fingerprint density at radius 2 is 1.95 bits per heavy atom. The molecule has 1 aromatic rings. The van der Waals surface area contributed by atoms with E-state index >= 15 is 0 Å². The molecule has 2 aliphatic rings. The zero-order chi connectivity index (χ0) is 13.9. The smallest absolute Gasteiger partial charge is 0.125 e. The number of nitrogens with one attached hydrogen (secondary N) is 1. The van der Waals surface area contributed by atoms with Gasteiger partial charge < -0.3 is 5.32 Å². The van der Waals surface area contributed by atoms with E-state index in [4.69, 9.17) is 11.6 Å². The largest absolute Gasteiger partial charge is 0.315 e. The monoisotopic (exact) mass is 333 g/mol. The average Bonchev–Trinajstić information content (AvgIpc) is 2.92. The van der Waals surface area contributed by atoms with Crippen molar-refractivity contribution in [3.63, 3.8) is 0 Å². The van der Waals surface area contributed by atoms with Crippen molar-refractivity contribution in [3.8, 4) is 0 Å². The Kier molecular flexibility index (Phi) is 6.26. The Bertz CT molecular complexity index is 438. The van der Waals surface area contributed by atoms with Gasteiger partial charge in [-0.1, -0.05) is 11.6 Å². The van der Waals surface area contributed by atoms with E-state index in [1.54, 1.807) is 6.07 Å². The molecule has 0 aromatic heterocycles. The first-order valence-electron chi connectivity index (χ1n) is 7.33. The lowest BCUT2D eigenvalue weighted by molar-refractivity contribution is 0.0981. The van der Waals surface area contributed by atoms with Crippen LogP contribution in [0.25, 0.3) is 0 Å². The lowest BCUT2D eigenvalue weighted by Gasteiger charge is -2.37. The average molecular weight is 334 g/mol. The molecule has 1 unspecified atom stereocenters. The van der Waals surface area contributed by atoms with Crippen LogP contribution in [0.15, 0.2) is 18.2 Å². The van der Waals surface area contributed by atoms with Gasteiger partial charge in [0.05, 0.1) is 0 Å². The minimum Gasteiger partial charge on any atom is -0.315 e. The van der Waals surface area contributed by atoms with Crippen LogP contribution in [-0.2, 0) is 6.54 Å². The predicted molar refractivity (Wildman–Crippen MR) is 86.8 cm³/mol. The second-order valence-corrected chi connectivity index (χ2v) is 6.17. The zero-order valence-corrected chi connectivity index (χ0v) is 13.6. The van der Waals surface area contributed by atoms with Gasteiger partial charge in [-0.3, -0.25) is 9.80 Å². The number of nitrogens with zero attached hydrogens (tertiary/aromatic N) is 2. The summed E-state index contributed by atoms with van der Waals surface area (Å²) in [7, 11) is 0.